The predicted molar refractivity (Wildman–Crippen MR) is 156 cm³/mol. The summed E-state index contributed by atoms with van der Waals surface area (Å²) in [6.07, 6.45) is 25.4. The number of pyridine rings is 2. The largest absolute Gasteiger partial charge is 0.261 e. The molecular weight excluding hydrogens is 436 g/mol. The smallest absolute Gasteiger partial charge is 0.0481 e. The maximum Gasteiger partial charge on any atom is 0.0481 e. The highest BCUT2D eigenvalue weighted by atomic mass is 14.7. The second-order valence-electron chi connectivity index (χ2n) is 10.4. The third-order valence-corrected chi connectivity index (χ3v) is 7.59. The van der Waals surface area contributed by atoms with Crippen molar-refractivity contribution >= 4 is 21.5 Å². The van der Waals surface area contributed by atoms with E-state index < -0.39 is 0 Å². The quantitative estimate of drug-likeness (QED) is 0.140. The van der Waals surface area contributed by atoms with Crippen molar-refractivity contribution in [2.75, 3.05) is 0 Å². The van der Waals surface area contributed by atoms with Crippen LogP contribution in [0.25, 0.3) is 21.5 Å². The molecular formula is C34H44N2. The molecule has 0 atom stereocenters. The zero-order valence-corrected chi connectivity index (χ0v) is 22.1. The third-order valence-electron chi connectivity index (χ3n) is 7.59. The lowest BCUT2D eigenvalue weighted by Gasteiger charge is -2.06. The summed E-state index contributed by atoms with van der Waals surface area (Å²) in [4.78, 5) is 9.26. The lowest BCUT2D eigenvalue weighted by Crippen LogP contribution is -1.92. The van der Waals surface area contributed by atoms with E-state index in [4.69, 9.17) is 0 Å². The fourth-order valence-corrected chi connectivity index (χ4v) is 5.47. The molecule has 0 aliphatic heterocycles. The molecule has 2 heterocycles. The molecule has 0 aliphatic carbocycles. The molecule has 2 nitrogen and oxygen atoms in total. The highest BCUT2D eigenvalue weighted by Gasteiger charge is 2.03. The number of hydrogen-bond acceptors (Lipinski definition) is 2. The Morgan fingerprint density at radius 3 is 1.08 bits per heavy atom. The number of rotatable bonds is 17. The lowest BCUT2D eigenvalue weighted by atomic mass is 10.0. The minimum atomic E-state index is 1.11. The molecule has 4 aromatic rings. The Labute approximate surface area is 218 Å². The average Bonchev–Trinajstić information content (AvgIpc) is 2.93. The molecule has 0 saturated heterocycles. The van der Waals surface area contributed by atoms with Crippen molar-refractivity contribution in [1.29, 1.82) is 0 Å². The number of fused-ring (bicyclic) bond motifs is 2. The first-order chi connectivity index (χ1) is 17.9. The van der Waals surface area contributed by atoms with Gasteiger partial charge in [-0.3, -0.25) is 9.97 Å². The Morgan fingerprint density at radius 2 is 0.694 bits per heavy atom. The summed E-state index contributed by atoms with van der Waals surface area (Å²) in [5.41, 5.74) is 2.55. The monoisotopic (exact) mass is 480 g/mol. The number of unbranched alkanes of at least 4 members (excludes halogenated alkanes) is 13. The van der Waals surface area contributed by atoms with Crippen molar-refractivity contribution in [3.05, 3.63) is 84.4 Å². The number of nitrogens with zero attached hydrogens (tertiary/aromatic N) is 2. The molecule has 0 N–H and O–H groups in total. The summed E-state index contributed by atoms with van der Waals surface area (Å²) in [6, 6.07) is 21.5. The van der Waals surface area contributed by atoms with E-state index in [0.717, 1.165) is 12.8 Å². The molecule has 0 radical (unpaired) electrons. The SMILES string of the molecule is c1ccc2c(CCCCCCCCCCCCCCCCc3nccc4ccccc34)nccc2c1. The first-order valence-corrected chi connectivity index (χ1v) is 14.6. The maximum atomic E-state index is 4.63. The van der Waals surface area contributed by atoms with E-state index >= 15 is 0 Å². The molecule has 2 aromatic heterocycles. The van der Waals surface area contributed by atoms with Crippen LogP contribution in [0.15, 0.2) is 73.1 Å². The Balaban J connectivity index is 0.932. The van der Waals surface area contributed by atoms with Crippen LogP contribution < -0.4 is 0 Å². The molecule has 36 heavy (non-hydrogen) atoms. The van der Waals surface area contributed by atoms with Gasteiger partial charge in [-0.2, -0.15) is 0 Å². The number of aromatic nitrogens is 2. The minimum Gasteiger partial charge on any atom is -0.261 e. The predicted octanol–water partition coefficient (Wildman–Crippen LogP) is 10.0. The normalized spacial score (nSPS) is 11.4. The van der Waals surface area contributed by atoms with E-state index in [1.54, 1.807) is 0 Å². The minimum absolute atomic E-state index is 1.11. The van der Waals surface area contributed by atoms with Crippen molar-refractivity contribution in [3.8, 4) is 0 Å². The fourth-order valence-electron chi connectivity index (χ4n) is 5.47. The van der Waals surface area contributed by atoms with Crippen molar-refractivity contribution < 1.29 is 0 Å². The van der Waals surface area contributed by atoms with Crippen LogP contribution in [0.5, 0.6) is 0 Å². The molecule has 2 heteroatoms. The number of benzene rings is 2. The third kappa shape index (κ3) is 8.43. The lowest BCUT2D eigenvalue weighted by molar-refractivity contribution is 0.532. The zero-order valence-electron chi connectivity index (χ0n) is 22.1. The molecule has 0 bridgehead atoms. The van der Waals surface area contributed by atoms with E-state index in [1.807, 2.05) is 12.4 Å². The van der Waals surface area contributed by atoms with E-state index in [-0.39, 0.29) is 0 Å². The molecule has 0 aliphatic rings. The van der Waals surface area contributed by atoms with Crippen molar-refractivity contribution in [1.82, 2.24) is 9.97 Å². The Morgan fingerprint density at radius 1 is 0.361 bits per heavy atom. The van der Waals surface area contributed by atoms with Crippen LogP contribution in [0.2, 0.25) is 0 Å². The van der Waals surface area contributed by atoms with Crippen LogP contribution in [0, 0.1) is 0 Å². The van der Waals surface area contributed by atoms with Gasteiger partial charge in [-0.25, -0.2) is 0 Å². The van der Waals surface area contributed by atoms with Crippen LogP contribution in [-0.4, -0.2) is 9.97 Å². The summed E-state index contributed by atoms with van der Waals surface area (Å²) >= 11 is 0. The summed E-state index contributed by atoms with van der Waals surface area (Å²) < 4.78 is 0. The van der Waals surface area contributed by atoms with Gasteiger partial charge < -0.3 is 0 Å². The van der Waals surface area contributed by atoms with Gasteiger partial charge >= 0.3 is 0 Å². The summed E-state index contributed by atoms with van der Waals surface area (Å²) in [5.74, 6) is 0. The molecule has 0 saturated carbocycles. The van der Waals surface area contributed by atoms with Crippen LogP contribution in [0.4, 0.5) is 0 Å². The highest BCUT2D eigenvalue weighted by molar-refractivity contribution is 5.84. The first kappa shape index (κ1) is 26.3. The molecule has 4 rings (SSSR count). The van der Waals surface area contributed by atoms with Gasteiger partial charge in [0, 0.05) is 34.6 Å². The molecule has 0 amide bonds. The van der Waals surface area contributed by atoms with E-state index in [2.05, 4.69) is 70.6 Å². The van der Waals surface area contributed by atoms with Crippen LogP contribution >= 0.6 is 0 Å². The number of hydrogen-bond donors (Lipinski definition) is 0. The van der Waals surface area contributed by atoms with Gasteiger partial charge in [-0.05, 0) is 48.6 Å². The topological polar surface area (TPSA) is 25.8 Å². The Bertz CT molecular complexity index is 1060. The number of aryl methyl sites for hydroxylation is 2. The van der Waals surface area contributed by atoms with Gasteiger partial charge in [-0.1, -0.05) is 126 Å². The van der Waals surface area contributed by atoms with E-state index in [1.165, 1.54) is 123 Å². The molecule has 0 fully saturated rings. The fraction of sp³-hybridized carbons (Fsp3) is 0.471. The van der Waals surface area contributed by atoms with Crippen LogP contribution in [0.3, 0.4) is 0 Å². The summed E-state index contributed by atoms with van der Waals surface area (Å²) in [7, 11) is 0. The Kier molecular flexibility index (Phi) is 11.3. The van der Waals surface area contributed by atoms with E-state index in [0.29, 0.717) is 0 Å². The van der Waals surface area contributed by atoms with Crippen molar-refractivity contribution in [2.24, 2.45) is 0 Å². The van der Waals surface area contributed by atoms with Crippen LogP contribution in [0.1, 0.15) is 101 Å². The van der Waals surface area contributed by atoms with Gasteiger partial charge in [-0.15, -0.1) is 0 Å². The second kappa shape index (κ2) is 15.4. The summed E-state index contributed by atoms with van der Waals surface area (Å²) in [6.45, 7) is 0. The standard InChI is InChI=1S/C34H44N2/c1(3-5-7-9-11-13-23-33-31-21-17-15-19-29(31)25-27-35-33)2-4-6-8-10-12-14-24-34-32-22-18-16-20-30(32)26-28-36-34/h15-22,25-28H,1-14,23-24H2. The molecule has 2 aromatic carbocycles. The highest BCUT2D eigenvalue weighted by Crippen LogP contribution is 2.20. The van der Waals surface area contributed by atoms with Gasteiger partial charge in [0.2, 0.25) is 0 Å². The Hall–Kier alpha value is -2.74. The van der Waals surface area contributed by atoms with Gasteiger partial charge in [0.25, 0.3) is 0 Å². The maximum absolute atomic E-state index is 4.63. The van der Waals surface area contributed by atoms with Crippen molar-refractivity contribution in [3.63, 3.8) is 0 Å². The van der Waals surface area contributed by atoms with Crippen LogP contribution in [-0.2, 0) is 12.8 Å². The molecule has 0 spiro atoms. The van der Waals surface area contributed by atoms with Crippen molar-refractivity contribution in [2.45, 2.75) is 103 Å². The van der Waals surface area contributed by atoms with Gasteiger partial charge in [0.15, 0.2) is 0 Å². The summed E-state index contributed by atoms with van der Waals surface area (Å²) in [5, 5.41) is 5.30. The molecule has 0 unspecified atom stereocenters. The molecule has 190 valence electrons. The second-order valence-corrected chi connectivity index (χ2v) is 10.4. The first-order valence-electron chi connectivity index (χ1n) is 14.6. The van der Waals surface area contributed by atoms with Gasteiger partial charge in [0.05, 0.1) is 0 Å². The van der Waals surface area contributed by atoms with E-state index in [9.17, 15) is 0 Å². The zero-order chi connectivity index (χ0) is 24.7. The average molecular weight is 481 g/mol. The van der Waals surface area contributed by atoms with Gasteiger partial charge in [0.1, 0.15) is 0 Å².